The van der Waals surface area contributed by atoms with Gasteiger partial charge in [-0.05, 0) is 51.1 Å². The maximum absolute atomic E-state index is 11.8. The van der Waals surface area contributed by atoms with E-state index in [9.17, 15) is 4.79 Å². The molecule has 0 aliphatic rings. The van der Waals surface area contributed by atoms with Crippen LogP contribution in [0.25, 0.3) is 0 Å². The molecule has 5 heteroatoms. The van der Waals surface area contributed by atoms with Crippen molar-refractivity contribution in [1.29, 1.82) is 0 Å². The third kappa shape index (κ3) is 7.11. The Morgan fingerprint density at radius 1 is 1.30 bits per heavy atom. The third-order valence-electron chi connectivity index (χ3n) is 3.09. The number of rotatable bonds is 9. The van der Waals surface area contributed by atoms with E-state index in [0.29, 0.717) is 12.1 Å². The minimum atomic E-state index is -0.00203. The smallest absolute Gasteiger partial charge is 0.225 e. The maximum atomic E-state index is 11.8. The van der Waals surface area contributed by atoms with Gasteiger partial charge in [0.1, 0.15) is 0 Å². The number of unbranched alkanes of at least 4 members (excludes halogenated alkanes) is 2. The van der Waals surface area contributed by atoms with Gasteiger partial charge in [0.25, 0.3) is 0 Å². The summed E-state index contributed by atoms with van der Waals surface area (Å²) in [6.45, 7) is 1.94. The summed E-state index contributed by atoms with van der Waals surface area (Å²) < 4.78 is 0. The molecule has 1 rings (SSSR count). The van der Waals surface area contributed by atoms with E-state index in [4.69, 9.17) is 10.8 Å². The first-order valence-corrected chi connectivity index (χ1v) is 7.06. The van der Waals surface area contributed by atoms with Crippen LogP contribution in [0.4, 0.5) is 11.4 Å². The van der Waals surface area contributed by atoms with Crippen molar-refractivity contribution in [3.63, 3.8) is 0 Å². The average molecular weight is 279 g/mol. The van der Waals surface area contributed by atoms with Crippen molar-refractivity contribution in [3.05, 3.63) is 24.3 Å². The minimum absolute atomic E-state index is 0.00203. The second-order valence-electron chi connectivity index (χ2n) is 5.01. The molecule has 0 radical (unpaired) electrons. The predicted octanol–water partition coefficient (Wildman–Crippen LogP) is 1.69. The van der Waals surface area contributed by atoms with E-state index >= 15 is 0 Å². The first-order valence-electron chi connectivity index (χ1n) is 7.06. The highest BCUT2D eigenvalue weighted by atomic mass is 16.2. The topological polar surface area (TPSA) is 78.6 Å². The molecule has 1 aromatic rings. The van der Waals surface area contributed by atoms with E-state index in [-0.39, 0.29) is 12.5 Å². The highest BCUT2D eigenvalue weighted by Gasteiger charge is 2.05. The molecule has 0 spiro atoms. The van der Waals surface area contributed by atoms with Gasteiger partial charge >= 0.3 is 0 Å². The third-order valence-corrected chi connectivity index (χ3v) is 3.09. The summed E-state index contributed by atoms with van der Waals surface area (Å²) in [4.78, 5) is 13.9. The molecule has 0 saturated heterocycles. The van der Waals surface area contributed by atoms with Gasteiger partial charge in [0.15, 0.2) is 0 Å². The van der Waals surface area contributed by atoms with Crippen molar-refractivity contribution >= 4 is 17.3 Å². The molecule has 0 fully saturated rings. The van der Waals surface area contributed by atoms with Crippen LogP contribution in [0.1, 0.15) is 25.7 Å². The van der Waals surface area contributed by atoms with Gasteiger partial charge in [0.2, 0.25) is 5.91 Å². The van der Waals surface area contributed by atoms with Crippen molar-refractivity contribution in [3.8, 4) is 0 Å². The summed E-state index contributed by atoms with van der Waals surface area (Å²) in [6.07, 6.45) is 3.39. The van der Waals surface area contributed by atoms with Crippen LogP contribution in [0.5, 0.6) is 0 Å². The predicted molar refractivity (Wildman–Crippen MR) is 82.5 cm³/mol. The van der Waals surface area contributed by atoms with Crippen LogP contribution in [0, 0.1) is 0 Å². The Bertz CT molecular complexity index is 410. The van der Waals surface area contributed by atoms with Crippen LogP contribution in [0.2, 0.25) is 0 Å². The lowest BCUT2D eigenvalue weighted by atomic mass is 10.2. The Morgan fingerprint density at radius 2 is 2.10 bits per heavy atom. The van der Waals surface area contributed by atoms with E-state index in [2.05, 4.69) is 10.2 Å². The molecule has 1 aromatic carbocycles. The van der Waals surface area contributed by atoms with Crippen LogP contribution < -0.4 is 11.1 Å². The first-order chi connectivity index (χ1) is 9.61. The molecular weight excluding hydrogens is 254 g/mol. The summed E-state index contributed by atoms with van der Waals surface area (Å²) in [5.74, 6) is -0.00203. The Labute approximate surface area is 120 Å². The number of nitrogens with two attached hydrogens (primary N) is 1. The molecule has 0 aliphatic heterocycles. The van der Waals surface area contributed by atoms with E-state index in [1.54, 1.807) is 12.1 Å². The number of nitrogen functional groups attached to an aromatic ring is 1. The quantitative estimate of drug-likeness (QED) is 0.475. The molecule has 4 N–H and O–H groups in total. The summed E-state index contributed by atoms with van der Waals surface area (Å²) in [5.41, 5.74) is 7.04. The number of aliphatic hydroxyl groups is 1. The van der Waals surface area contributed by atoms with Crippen LogP contribution in [-0.4, -0.2) is 42.7 Å². The zero-order valence-electron chi connectivity index (χ0n) is 12.1. The Hall–Kier alpha value is -1.59. The SMILES string of the molecule is CN(CCCCCO)CCC(=O)Nc1cccc(N)c1. The number of nitrogens with zero attached hydrogens (tertiary/aromatic N) is 1. The number of anilines is 2. The van der Waals surface area contributed by atoms with Gasteiger partial charge < -0.3 is 21.1 Å². The van der Waals surface area contributed by atoms with Crippen molar-refractivity contribution in [2.75, 3.05) is 37.8 Å². The second kappa shape index (κ2) is 9.34. The van der Waals surface area contributed by atoms with Crippen molar-refractivity contribution in [2.24, 2.45) is 0 Å². The van der Waals surface area contributed by atoms with Crippen molar-refractivity contribution in [1.82, 2.24) is 4.90 Å². The Morgan fingerprint density at radius 3 is 2.80 bits per heavy atom. The summed E-state index contributed by atoms with van der Waals surface area (Å²) in [5, 5.41) is 11.5. The molecule has 0 aliphatic carbocycles. The largest absolute Gasteiger partial charge is 0.399 e. The number of hydrogen-bond acceptors (Lipinski definition) is 4. The van der Waals surface area contributed by atoms with Crippen molar-refractivity contribution in [2.45, 2.75) is 25.7 Å². The van der Waals surface area contributed by atoms with Gasteiger partial charge in [-0.2, -0.15) is 0 Å². The summed E-state index contributed by atoms with van der Waals surface area (Å²) in [6, 6.07) is 7.18. The average Bonchev–Trinajstić information content (AvgIpc) is 2.41. The lowest BCUT2D eigenvalue weighted by Crippen LogP contribution is -2.25. The fraction of sp³-hybridized carbons (Fsp3) is 0.533. The zero-order valence-corrected chi connectivity index (χ0v) is 12.1. The molecular formula is C15H25N3O2. The Balaban J connectivity index is 2.19. The Kier molecular flexibility index (Phi) is 7.69. The van der Waals surface area contributed by atoms with E-state index in [1.807, 2.05) is 19.2 Å². The highest BCUT2D eigenvalue weighted by Crippen LogP contribution is 2.11. The molecule has 0 unspecified atom stereocenters. The minimum Gasteiger partial charge on any atom is -0.399 e. The summed E-state index contributed by atoms with van der Waals surface area (Å²) in [7, 11) is 2.01. The molecule has 20 heavy (non-hydrogen) atoms. The zero-order chi connectivity index (χ0) is 14.8. The van der Waals surface area contributed by atoms with Crippen LogP contribution >= 0.6 is 0 Å². The lowest BCUT2D eigenvalue weighted by Gasteiger charge is -2.16. The van der Waals surface area contributed by atoms with Crippen molar-refractivity contribution < 1.29 is 9.90 Å². The first kappa shape index (κ1) is 16.5. The van der Waals surface area contributed by atoms with Gasteiger partial charge in [-0.1, -0.05) is 6.07 Å². The molecule has 0 atom stereocenters. The molecule has 0 aromatic heterocycles. The maximum Gasteiger partial charge on any atom is 0.225 e. The molecule has 112 valence electrons. The number of carbonyl (C=O) groups is 1. The fourth-order valence-corrected chi connectivity index (χ4v) is 1.91. The normalized spacial score (nSPS) is 10.8. The van der Waals surface area contributed by atoms with Gasteiger partial charge in [0, 0.05) is 30.9 Å². The van der Waals surface area contributed by atoms with Crippen LogP contribution in [0.3, 0.4) is 0 Å². The number of benzene rings is 1. The fourth-order valence-electron chi connectivity index (χ4n) is 1.91. The number of amides is 1. The standard InChI is InChI=1S/C15H25N3O2/c1-18(9-3-2-4-11-19)10-8-15(20)17-14-7-5-6-13(16)12-14/h5-7,12,19H,2-4,8-11,16H2,1H3,(H,17,20). The van der Waals surface area contributed by atoms with E-state index < -0.39 is 0 Å². The number of hydrogen-bond donors (Lipinski definition) is 3. The molecule has 0 heterocycles. The molecule has 5 nitrogen and oxygen atoms in total. The van der Waals surface area contributed by atoms with E-state index in [1.165, 1.54) is 0 Å². The molecule has 0 saturated carbocycles. The highest BCUT2D eigenvalue weighted by molar-refractivity contribution is 5.91. The molecule has 1 amide bonds. The monoisotopic (exact) mass is 279 g/mol. The van der Waals surface area contributed by atoms with Gasteiger partial charge in [0.05, 0.1) is 0 Å². The number of aliphatic hydroxyl groups excluding tert-OH is 1. The van der Waals surface area contributed by atoms with Gasteiger partial charge in [-0.25, -0.2) is 0 Å². The van der Waals surface area contributed by atoms with Gasteiger partial charge in [-0.3, -0.25) is 4.79 Å². The van der Waals surface area contributed by atoms with Gasteiger partial charge in [-0.15, -0.1) is 0 Å². The summed E-state index contributed by atoms with van der Waals surface area (Å²) >= 11 is 0. The second-order valence-corrected chi connectivity index (χ2v) is 5.01. The molecule has 0 bridgehead atoms. The van der Waals surface area contributed by atoms with Crippen LogP contribution in [-0.2, 0) is 4.79 Å². The lowest BCUT2D eigenvalue weighted by molar-refractivity contribution is -0.116. The van der Waals surface area contributed by atoms with E-state index in [0.717, 1.165) is 38.0 Å². The van der Waals surface area contributed by atoms with Crippen LogP contribution in [0.15, 0.2) is 24.3 Å². The number of nitrogens with one attached hydrogen (secondary N) is 1. The number of carbonyl (C=O) groups excluding carboxylic acids is 1.